The van der Waals surface area contributed by atoms with Gasteiger partial charge in [-0.2, -0.15) is 0 Å². The molecule has 3 rings (SSSR count). The predicted molar refractivity (Wildman–Crippen MR) is 77.8 cm³/mol. The molecule has 1 aromatic carbocycles. The van der Waals surface area contributed by atoms with Crippen molar-refractivity contribution in [3.63, 3.8) is 0 Å². The molecule has 2 aromatic heterocycles. The monoisotopic (exact) mass is 275 g/mol. The molecule has 0 radical (unpaired) electrons. The second-order valence-electron chi connectivity index (χ2n) is 4.38. The zero-order valence-electron chi connectivity index (χ0n) is 10.2. The number of imidazole rings is 1. The van der Waals surface area contributed by atoms with Crippen LogP contribution in [0.25, 0.3) is 11.0 Å². The van der Waals surface area contributed by atoms with E-state index in [1.54, 1.807) is 11.3 Å². The van der Waals surface area contributed by atoms with Crippen molar-refractivity contribution in [2.24, 2.45) is 0 Å². The lowest BCUT2D eigenvalue weighted by atomic mass is 10.2. The molecule has 0 saturated carbocycles. The van der Waals surface area contributed by atoms with Gasteiger partial charge in [-0.25, -0.2) is 4.98 Å². The van der Waals surface area contributed by atoms with E-state index in [9.17, 15) is 0 Å². The Morgan fingerprint density at radius 2 is 2.22 bits per heavy atom. The predicted octanol–water partition coefficient (Wildman–Crippen LogP) is 3.82. The van der Waals surface area contributed by atoms with Crippen LogP contribution in [0.3, 0.4) is 0 Å². The van der Waals surface area contributed by atoms with Gasteiger partial charge < -0.3 is 9.55 Å². The Hall–Kier alpha value is -1.46. The molecule has 3 aromatic rings. The van der Waals surface area contributed by atoms with Crippen molar-refractivity contribution < 1.29 is 0 Å². The van der Waals surface area contributed by atoms with Crippen LogP contribution >= 0.6 is 23.6 Å². The van der Waals surface area contributed by atoms with Gasteiger partial charge >= 0.3 is 0 Å². The molecule has 0 aliphatic heterocycles. The average Bonchev–Trinajstić information content (AvgIpc) is 2.86. The summed E-state index contributed by atoms with van der Waals surface area (Å²) in [4.78, 5) is 8.76. The van der Waals surface area contributed by atoms with Crippen LogP contribution in [0.15, 0.2) is 24.4 Å². The van der Waals surface area contributed by atoms with E-state index in [2.05, 4.69) is 39.7 Å². The quantitative estimate of drug-likeness (QED) is 0.721. The van der Waals surface area contributed by atoms with E-state index in [1.165, 1.54) is 10.4 Å². The molecule has 92 valence electrons. The van der Waals surface area contributed by atoms with Gasteiger partial charge in [0.2, 0.25) is 0 Å². The lowest BCUT2D eigenvalue weighted by Crippen LogP contribution is -1.97. The number of rotatable bonds is 2. The van der Waals surface area contributed by atoms with Crippen LogP contribution in [0.5, 0.6) is 0 Å². The number of nitrogens with zero attached hydrogens (tertiary/aromatic N) is 2. The molecule has 0 bridgehead atoms. The third-order valence-electron chi connectivity index (χ3n) is 2.91. The number of hydrogen-bond acceptors (Lipinski definition) is 3. The zero-order valence-corrected chi connectivity index (χ0v) is 11.9. The third kappa shape index (κ3) is 2.00. The van der Waals surface area contributed by atoms with Crippen LogP contribution in [0, 0.1) is 18.6 Å². The summed E-state index contributed by atoms with van der Waals surface area (Å²) in [6, 6.07) is 6.33. The molecular formula is C13H13N3S2. The van der Waals surface area contributed by atoms with Crippen LogP contribution in [0.1, 0.15) is 15.4 Å². The van der Waals surface area contributed by atoms with Crippen molar-refractivity contribution in [1.82, 2.24) is 14.5 Å². The molecule has 0 atom stereocenters. The highest BCUT2D eigenvalue weighted by Crippen LogP contribution is 2.19. The molecule has 3 nitrogen and oxygen atoms in total. The normalized spacial score (nSPS) is 11.2. The van der Waals surface area contributed by atoms with Gasteiger partial charge in [0.15, 0.2) is 4.77 Å². The van der Waals surface area contributed by atoms with E-state index in [0.717, 1.165) is 27.4 Å². The Kier molecular flexibility index (Phi) is 2.80. The largest absolute Gasteiger partial charge is 0.331 e. The highest BCUT2D eigenvalue weighted by Gasteiger charge is 2.06. The molecule has 0 amide bonds. The van der Waals surface area contributed by atoms with Crippen LogP contribution in [0.4, 0.5) is 0 Å². The summed E-state index contributed by atoms with van der Waals surface area (Å²) in [5.74, 6) is 0. The Morgan fingerprint density at radius 1 is 1.39 bits per heavy atom. The molecule has 1 N–H and O–H groups in total. The first kappa shape index (κ1) is 11.6. The molecule has 0 aliphatic rings. The molecular weight excluding hydrogens is 262 g/mol. The first-order chi connectivity index (χ1) is 8.63. The lowest BCUT2D eigenvalue weighted by Gasteiger charge is -2.02. The number of aryl methyl sites for hydroxylation is 2. The molecule has 5 heteroatoms. The lowest BCUT2D eigenvalue weighted by molar-refractivity contribution is 0.821. The van der Waals surface area contributed by atoms with Crippen LogP contribution in [-0.4, -0.2) is 14.5 Å². The summed E-state index contributed by atoms with van der Waals surface area (Å²) in [5.41, 5.74) is 3.49. The number of H-pyrrole nitrogens is 1. The maximum Gasteiger partial charge on any atom is 0.178 e. The number of hydrogen-bond donors (Lipinski definition) is 1. The summed E-state index contributed by atoms with van der Waals surface area (Å²) >= 11 is 7.11. The summed E-state index contributed by atoms with van der Waals surface area (Å²) in [6.07, 6.45) is 1.93. The highest BCUT2D eigenvalue weighted by atomic mass is 32.1. The van der Waals surface area contributed by atoms with Crippen LogP contribution < -0.4 is 0 Å². The van der Waals surface area contributed by atoms with Crippen LogP contribution in [-0.2, 0) is 6.54 Å². The molecule has 0 aliphatic carbocycles. The van der Waals surface area contributed by atoms with Crippen molar-refractivity contribution in [3.8, 4) is 0 Å². The molecule has 0 saturated heterocycles. The van der Waals surface area contributed by atoms with Gasteiger partial charge in [0.05, 0.1) is 22.6 Å². The van der Waals surface area contributed by atoms with Gasteiger partial charge in [0.1, 0.15) is 0 Å². The van der Waals surface area contributed by atoms with Gasteiger partial charge in [-0.1, -0.05) is 6.07 Å². The number of aromatic amines is 1. The maximum atomic E-state index is 5.39. The van der Waals surface area contributed by atoms with Gasteiger partial charge in [0, 0.05) is 11.1 Å². The number of nitrogens with one attached hydrogen (secondary N) is 1. The van der Waals surface area contributed by atoms with Gasteiger partial charge in [-0.05, 0) is 43.8 Å². The van der Waals surface area contributed by atoms with E-state index < -0.39 is 0 Å². The minimum Gasteiger partial charge on any atom is -0.331 e. The fourth-order valence-electron chi connectivity index (χ4n) is 2.05. The minimum absolute atomic E-state index is 0.765. The van der Waals surface area contributed by atoms with E-state index in [1.807, 2.05) is 13.1 Å². The maximum absolute atomic E-state index is 5.39. The Bertz CT molecular complexity index is 764. The smallest absolute Gasteiger partial charge is 0.178 e. The third-order valence-corrected chi connectivity index (χ3v) is 4.13. The first-order valence-corrected chi connectivity index (χ1v) is 6.96. The van der Waals surface area contributed by atoms with Crippen molar-refractivity contribution in [2.75, 3.05) is 0 Å². The van der Waals surface area contributed by atoms with Crippen molar-refractivity contribution in [2.45, 2.75) is 20.4 Å². The van der Waals surface area contributed by atoms with Gasteiger partial charge in [-0.15, -0.1) is 11.3 Å². The van der Waals surface area contributed by atoms with Crippen molar-refractivity contribution >= 4 is 34.6 Å². The Labute approximate surface area is 114 Å². The fraction of sp³-hybridized carbons (Fsp3) is 0.231. The summed E-state index contributed by atoms with van der Waals surface area (Å²) in [6.45, 7) is 4.90. The summed E-state index contributed by atoms with van der Waals surface area (Å²) < 4.78 is 2.90. The van der Waals surface area contributed by atoms with Gasteiger partial charge in [0.25, 0.3) is 0 Å². The zero-order chi connectivity index (χ0) is 12.7. The molecule has 0 spiro atoms. The van der Waals surface area contributed by atoms with Gasteiger partial charge in [-0.3, -0.25) is 0 Å². The number of fused-ring (bicyclic) bond motifs is 1. The molecule has 0 unspecified atom stereocenters. The second-order valence-corrected chi connectivity index (χ2v) is 6.09. The van der Waals surface area contributed by atoms with E-state index >= 15 is 0 Å². The van der Waals surface area contributed by atoms with E-state index in [-0.39, 0.29) is 0 Å². The average molecular weight is 275 g/mol. The number of thiazole rings is 1. The number of aromatic nitrogens is 3. The van der Waals surface area contributed by atoms with Crippen LogP contribution in [0.2, 0.25) is 0 Å². The first-order valence-electron chi connectivity index (χ1n) is 5.74. The Morgan fingerprint density at radius 3 is 2.94 bits per heavy atom. The highest BCUT2D eigenvalue weighted by molar-refractivity contribution is 7.71. The Balaban J connectivity index is 2.13. The van der Waals surface area contributed by atoms with E-state index in [4.69, 9.17) is 12.2 Å². The van der Waals surface area contributed by atoms with E-state index in [0.29, 0.717) is 0 Å². The summed E-state index contributed by atoms with van der Waals surface area (Å²) in [7, 11) is 0. The molecule has 2 heterocycles. The molecule has 18 heavy (non-hydrogen) atoms. The topological polar surface area (TPSA) is 33.6 Å². The standard InChI is InChI=1S/C13H13N3S2/c1-8-3-4-11-12(5-8)16(13(17)15-11)7-10-6-14-9(2)18-10/h3-6H,7H2,1-2H3,(H,15,17). The SMILES string of the molecule is Cc1ccc2[nH]c(=S)n(Cc3cnc(C)s3)c2c1. The van der Waals surface area contributed by atoms with Crippen molar-refractivity contribution in [1.29, 1.82) is 0 Å². The van der Waals surface area contributed by atoms with Crippen molar-refractivity contribution in [3.05, 3.63) is 44.6 Å². The second kappa shape index (κ2) is 4.33. The fourth-order valence-corrected chi connectivity index (χ4v) is 3.11. The number of benzene rings is 1. The minimum atomic E-state index is 0.765. The molecule has 0 fully saturated rings. The summed E-state index contributed by atoms with van der Waals surface area (Å²) in [5, 5.41) is 1.09.